The summed E-state index contributed by atoms with van der Waals surface area (Å²) in [4.78, 5) is 87.3. The first kappa shape index (κ1) is 39.2. The first-order chi connectivity index (χ1) is 26.8. The zero-order chi connectivity index (χ0) is 40.3. The molecule has 56 heavy (non-hydrogen) atoms. The van der Waals surface area contributed by atoms with E-state index in [-0.39, 0.29) is 28.3 Å². The number of amides is 1. The summed E-state index contributed by atoms with van der Waals surface area (Å²) in [6.45, 7) is 0.107. The number of anilines is 1. The summed E-state index contributed by atoms with van der Waals surface area (Å²) in [6, 6.07) is 29.2. The molecule has 1 amide bonds. The number of carbonyl (C=O) groups is 5. The summed E-state index contributed by atoms with van der Waals surface area (Å²) in [5.74, 6) is -6.35. The molecule has 2 unspecified atom stereocenters. The van der Waals surface area contributed by atoms with Crippen molar-refractivity contribution in [1.29, 1.82) is 0 Å². The van der Waals surface area contributed by atoms with Crippen LogP contribution < -0.4 is 15.7 Å². The average Bonchev–Trinajstić information content (AvgIpc) is 3.47. The number of ether oxygens (including phenoxy) is 2. The van der Waals surface area contributed by atoms with Crippen LogP contribution in [-0.4, -0.2) is 95.1 Å². The molecular formula is C41H35N3O12. The molecule has 6 atom stereocenters. The van der Waals surface area contributed by atoms with Gasteiger partial charge in [0.25, 0.3) is 0 Å². The zero-order valence-electron chi connectivity index (χ0n) is 29.6. The number of ketones is 4. The number of nitrogens with one attached hydrogen (secondary N) is 1. The monoisotopic (exact) mass is 761 g/mol. The topological polar surface area (TPSA) is 232 Å². The molecular weight excluding hydrogens is 726 g/mol. The molecule has 286 valence electrons. The van der Waals surface area contributed by atoms with Gasteiger partial charge < -0.3 is 35.2 Å². The standard InChI is InChI=1S/C41H35N3O12/c1-25(45)42-31-22-23-44(38(52)43-31)41(30(46)24-55-29-20-12-5-13-21-29)36(51)40(54,34(49)28-18-10-4-11-19-28)37(56-41)39(53,33(48)27-16-8-3-9-17-27)35(50)32(47)26-14-6-2-7-15-26/h2-23,35-37,50-51,53-54H,24H2,1H3,(H,42,43,45,52)/t35?,36-,37-,39-,40+,41?/m1/s1. The first-order valence-corrected chi connectivity index (χ1v) is 17.1. The molecule has 1 saturated heterocycles. The van der Waals surface area contributed by atoms with Crippen LogP contribution in [0.2, 0.25) is 0 Å². The smallest absolute Gasteiger partial charge is 0.352 e. The predicted octanol–water partition coefficient (Wildman–Crippen LogP) is 1.73. The molecule has 15 heteroatoms. The largest absolute Gasteiger partial charge is 0.486 e. The number of nitrogens with zero attached hydrogens (tertiary/aromatic N) is 2. The van der Waals surface area contributed by atoms with E-state index in [4.69, 9.17) is 9.47 Å². The molecule has 6 rings (SSSR count). The Labute approximate surface area is 318 Å². The third-order valence-electron chi connectivity index (χ3n) is 9.39. The average molecular weight is 762 g/mol. The quantitative estimate of drug-likeness (QED) is 0.102. The van der Waals surface area contributed by atoms with Crippen LogP contribution in [0.4, 0.5) is 5.82 Å². The van der Waals surface area contributed by atoms with Gasteiger partial charge in [-0.05, 0) is 18.2 Å². The van der Waals surface area contributed by atoms with E-state index >= 15 is 0 Å². The summed E-state index contributed by atoms with van der Waals surface area (Å²) in [5, 5.41) is 52.3. The Morgan fingerprint density at radius 1 is 0.839 bits per heavy atom. The Balaban J connectivity index is 1.64. The molecule has 0 aliphatic carbocycles. The van der Waals surface area contributed by atoms with E-state index in [0.717, 1.165) is 19.2 Å². The third-order valence-corrected chi connectivity index (χ3v) is 9.39. The fraction of sp³-hybridized carbons (Fsp3) is 0.195. The first-order valence-electron chi connectivity index (χ1n) is 17.1. The van der Waals surface area contributed by atoms with E-state index < -0.39 is 76.6 Å². The van der Waals surface area contributed by atoms with Gasteiger partial charge in [-0.1, -0.05) is 109 Å². The number of aliphatic hydroxyl groups excluding tert-OH is 2. The number of benzene rings is 4. The fourth-order valence-corrected chi connectivity index (χ4v) is 6.65. The van der Waals surface area contributed by atoms with Crippen molar-refractivity contribution in [2.24, 2.45) is 0 Å². The van der Waals surface area contributed by atoms with Crippen LogP contribution in [0.15, 0.2) is 138 Å². The molecule has 5 aromatic rings. The second-order valence-corrected chi connectivity index (χ2v) is 12.9. The van der Waals surface area contributed by atoms with Gasteiger partial charge in [-0.2, -0.15) is 4.98 Å². The highest BCUT2D eigenvalue weighted by molar-refractivity contribution is 6.12. The van der Waals surface area contributed by atoms with Crippen molar-refractivity contribution in [3.63, 3.8) is 0 Å². The summed E-state index contributed by atoms with van der Waals surface area (Å²) in [7, 11) is 0. The van der Waals surface area contributed by atoms with Crippen molar-refractivity contribution < 1.29 is 53.9 Å². The highest BCUT2D eigenvalue weighted by atomic mass is 16.6. The molecule has 1 aliphatic heterocycles. The molecule has 1 aromatic heterocycles. The number of aromatic nitrogens is 2. The summed E-state index contributed by atoms with van der Waals surface area (Å²) in [6.07, 6.45) is -7.83. The second-order valence-electron chi connectivity index (χ2n) is 12.9. The molecule has 1 aliphatic rings. The molecule has 1 fully saturated rings. The van der Waals surface area contributed by atoms with Crippen LogP contribution in [0.1, 0.15) is 38.0 Å². The highest BCUT2D eigenvalue weighted by Gasteiger charge is 2.77. The fourth-order valence-electron chi connectivity index (χ4n) is 6.65. The van der Waals surface area contributed by atoms with Gasteiger partial charge in [-0.15, -0.1) is 0 Å². The van der Waals surface area contributed by atoms with Gasteiger partial charge in [0, 0.05) is 29.8 Å². The van der Waals surface area contributed by atoms with Crippen LogP contribution in [0.3, 0.4) is 0 Å². The summed E-state index contributed by atoms with van der Waals surface area (Å²) in [5.41, 5.74) is -12.9. The molecule has 5 N–H and O–H groups in total. The Morgan fingerprint density at radius 2 is 1.36 bits per heavy atom. The summed E-state index contributed by atoms with van der Waals surface area (Å²) < 4.78 is 12.2. The van der Waals surface area contributed by atoms with Gasteiger partial charge >= 0.3 is 5.69 Å². The van der Waals surface area contributed by atoms with Crippen LogP contribution in [-0.2, 0) is 20.1 Å². The maximum absolute atomic E-state index is 14.7. The van der Waals surface area contributed by atoms with Crippen molar-refractivity contribution in [3.05, 3.63) is 161 Å². The van der Waals surface area contributed by atoms with Crippen LogP contribution in [0.25, 0.3) is 0 Å². The van der Waals surface area contributed by atoms with Crippen molar-refractivity contribution in [2.45, 2.75) is 42.2 Å². The number of carbonyl (C=O) groups excluding carboxylic acids is 5. The SMILES string of the molecule is CC(=O)Nc1ccn(C2(C(=O)COc3ccccc3)O[C@H]([C@@](O)(C(=O)c3ccccc3)C(O)C(=O)c3ccccc3)[C@](O)(C(=O)c3ccccc3)[C@H]2O)c(=O)n1. The maximum atomic E-state index is 14.7. The van der Waals surface area contributed by atoms with Gasteiger partial charge in [0.2, 0.25) is 17.4 Å². The van der Waals surface area contributed by atoms with E-state index in [1.54, 1.807) is 24.3 Å². The van der Waals surface area contributed by atoms with Gasteiger partial charge in [0.1, 0.15) is 23.8 Å². The van der Waals surface area contributed by atoms with Gasteiger partial charge in [-0.25, -0.2) is 4.79 Å². The van der Waals surface area contributed by atoms with E-state index in [1.807, 2.05) is 0 Å². The molecule has 0 radical (unpaired) electrons. The second kappa shape index (κ2) is 15.7. The Hall–Kier alpha value is -6.49. The summed E-state index contributed by atoms with van der Waals surface area (Å²) >= 11 is 0. The van der Waals surface area contributed by atoms with E-state index in [1.165, 1.54) is 97.1 Å². The third kappa shape index (κ3) is 6.85. The van der Waals surface area contributed by atoms with Crippen LogP contribution in [0, 0.1) is 0 Å². The van der Waals surface area contributed by atoms with Crippen molar-refractivity contribution in [1.82, 2.24) is 9.55 Å². The molecule has 0 bridgehead atoms. The lowest BCUT2D eigenvalue weighted by Gasteiger charge is -2.41. The number of aliphatic hydroxyl groups is 4. The van der Waals surface area contributed by atoms with Crippen molar-refractivity contribution >= 4 is 34.9 Å². The number of Topliss-reactive ketones (excluding diaryl/α,β-unsaturated/α-hetero) is 4. The van der Waals surface area contributed by atoms with Gasteiger partial charge in [0.15, 0.2) is 41.3 Å². The Kier molecular flexibility index (Phi) is 11.0. The predicted molar refractivity (Wildman–Crippen MR) is 197 cm³/mol. The normalized spacial score (nSPS) is 21.9. The zero-order valence-corrected chi connectivity index (χ0v) is 29.6. The lowest BCUT2D eigenvalue weighted by atomic mass is 9.70. The Bertz CT molecular complexity index is 2320. The number of hydrogen-bond donors (Lipinski definition) is 5. The van der Waals surface area contributed by atoms with Crippen molar-refractivity contribution in [2.75, 3.05) is 11.9 Å². The minimum Gasteiger partial charge on any atom is -0.486 e. The minimum atomic E-state index is -3.70. The number of rotatable bonds is 14. The molecule has 0 spiro atoms. The van der Waals surface area contributed by atoms with Gasteiger partial charge in [-0.3, -0.25) is 28.5 Å². The number of hydrogen-bond acceptors (Lipinski definition) is 13. The van der Waals surface area contributed by atoms with Crippen molar-refractivity contribution in [3.8, 4) is 5.75 Å². The van der Waals surface area contributed by atoms with Crippen LogP contribution in [0.5, 0.6) is 5.75 Å². The molecule has 4 aromatic carbocycles. The minimum absolute atomic E-state index is 0.127. The van der Waals surface area contributed by atoms with Gasteiger partial charge in [0.05, 0.1) is 0 Å². The molecule has 2 heterocycles. The maximum Gasteiger partial charge on any atom is 0.352 e. The number of para-hydroxylation sites is 1. The van der Waals surface area contributed by atoms with E-state index in [9.17, 15) is 49.2 Å². The molecule has 15 nitrogen and oxygen atoms in total. The van der Waals surface area contributed by atoms with E-state index in [2.05, 4.69) is 10.3 Å². The lowest BCUT2D eigenvalue weighted by Crippen LogP contribution is -2.70. The molecule has 0 saturated carbocycles. The Morgan fingerprint density at radius 3 is 1.89 bits per heavy atom. The highest BCUT2D eigenvalue weighted by Crippen LogP contribution is 2.49. The lowest BCUT2D eigenvalue weighted by molar-refractivity contribution is -0.199. The van der Waals surface area contributed by atoms with E-state index in [0.29, 0.717) is 4.57 Å². The van der Waals surface area contributed by atoms with Crippen LogP contribution >= 0.6 is 0 Å².